The van der Waals surface area contributed by atoms with Gasteiger partial charge in [0.05, 0.1) is 0 Å². The first kappa shape index (κ1) is 12.3. The van der Waals surface area contributed by atoms with Gasteiger partial charge in [0.2, 0.25) is 11.8 Å². The lowest BCUT2D eigenvalue weighted by molar-refractivity contribution is -0.130. The smallest absolute Gasteiger partial charge is 0.242 e. The van der Waals surface area contributed by atoms with Gasteiger partial charge in [-0.05, 0) is 19.8 Å². The SMILES string of the molecule is CC(CCl)C(=O)NC(C)C(=O)NC1CC1. The third-order valence-electron chi connectivity index (χ3n) is 2.35. The molecule has 0 radical (unpaired) electrons. The number of carbonyl (C=O) groups excluding carboxylic acids is 2. The Hall–Kier alpha value is -0.770. The summed E-state index contributed by atoms with van der Waals surface area (Å²) in [6.07, 6.45) is 2.09. The molecule has 0 heterocycles. The van der Waals surface area contributed by atoms with Crippen LogP contribution in [0.25, 0.3) is 0 Å². The minimum absolute atomic E-state index is 0.118. The molecule has 0 aliphatic heterocycles. The first-order valence-corrected chi connectivity index (χ1v) is 5.74. The van der Waals surface area contributed by atoms with Crippen molar-refractivity contribution in [1.82, 2.24) is 10.6 Å². The highest BCUT2D eigenvalue weighted by Crippen LogP contribution is 2.18. The van der Waals surface area contributed by atoms with E-state index in [-0.39, 0.29) is 23.6 Å². The molecule has 2 N–H and O–H groups in total. The van der Waals surface area contributed by atoms with E-state index in [0.29, 0.717) is 6.04 Å². The number of rotatable bonds is 5. The number of amides is 2. The van der Waals surface area contributed by atoms with Crippen LogP contribution < -0.4 is 10.6 Å². The molecule has 0 aromatic carbocycles. The number of alkyl halides is 1. The van der Waals surface area contributed by atoms with Crippen LogP contribution in [0.15, 0.2) is 0 Å². The van der Waals surface area contributed by atoms with E-state index in [1.165, 1.54) is 0 Å². The molecule has 1 saturated carbocycles. The van der Waals surface area contributed by atoms with E-state index in [1.807, 2.05) is 0 Å². The summed E-state index contributed by atoms with van der Waals surface area (Å²) in [5.74, 6) is -0.290. The molecule has 1 aliphatic rings. The molecule has 0 spiro atoms. The van der Waals surface area contributed by atoms with Crippen molar-refractivity contribution in [2.24, 2.45) is 5.92 Å². The lowest BCUT2D eigenvalue weighted by Crippen LogP contribution is -2.47. The Morgan fingerprint density at radius 1 is 1.33 bits per heavy atom. The average Bonchev–Trinajstić information content (AvgIpc) is 3.00. The molecule has 4 nitrogen and oxygen atoms in total. The molecule has 0 saturated heterocycles. The third-order valence-corrected chi connectivity index (χ3v) is 2.82. The van der Waals surface area contributed by atoms with Crippen molar-refractivity contribution in [2.45, 2.75) is 38.8 Å². The molecule has 0 aromatic rings. The second-order valence-electron chi connectivity index (χ2n) is 4.07. The van der Waals surface area contributed by atoms with Crippen LogP contribution in [0.3, 0.4) is 0 Å². The first-order valence-electron chi connectivity index (χ1n) is 5.21. The maximum Gasteiger partial charge on any atom is 0.242 e. The molecule has 2 atom stereocenters. The van der Waals surface area contributed by atoms with Gasteiger partial charge < -0.3 is 10.6 Å². The molecule has 86 valence electrons. The van der Waals surface area contributed by atoms with E-state index in [9.17, 15) is 9.59 Å². The number of nitrogens with one attached hydrogen (secondary N) is 2. The largest absolute Gasteiger partial charge is 0.352 e. The molecule has 2 amide bonds. The fraction of sp³-hybridized carbons (Fsp3) is 0.800. The number of hydrogen-bond donors (Lipinski definition) is 2. The minimum atomic E-state index is -0.483. The van der Waals surface area contributed by atoms with Crippen molar-refractivity contribution < 1.29 is 9.59 Å². The highest BCUT2D eigenvalue weighted by molar-refractivity contribution is 6.19. The molecular weight excluding hydrogens is 216 g/mol. The van der Waals surface area contributed by atoms with Crippen LogP contribution >= 0.6 is 11.6 Å². The van der Waals surface area contributed by atoms with Gasteiger partial charge in [-0.15, -0.1) is 11.6 Å². The molecule has 5 heteroatoms. The van der Waals surface area contributed by atoms with E-state index < -0.39 is 6.04 Å². The lowest BCUT2D eigenvalue weighted by atomic mass is 10.2. The monoisotopic (exact) mass is 232 g/mol. The standard InChI is InChI=1S/C10H17ClN2O2/c1-6(5-11)9(14)12-7(2)10(15)13-8-3-4-8/h6-8H,3-5H2,1-2H3,(H,12,14)(H,13,15). The van der Waals surface area contributed by atoms with Crippen molar-refractivity contribution in [2.75, 3.05) is 5.88 Å². The van der Waals surface area contributed by atoms with Gasteiger partial charge in [-0.2, -0.15) is 0 Å². The topological polar surface area (TPSA) is 58.2 Å². The van der Waals surface area contributed by atoms with Crippen molar-refractivity contribution in [3.8, 4) is 0 Å². The van der Waals surface area contributed by atoms with Crippen LogP contribution in [-0.2, 0) is 9.59 Å². The second kappa shape index (κ2) is 5.35. The van der Waals surface area contributed by atoms with Crippen LogP contribution in [-0.4, -0.2) is 29.8 Å². The van der Waals surface area contributed by atoms with Crippen molar-refractivity contribution in [3.63, 3.8) is 0 Å². The van der Waals surface area contributed by atoms with Gasteiger partial charge in [0, 0.05) is 17.8 Å². The van der Waals surface area contributed by atoms with Gasteiger partial charge in [-0.1, -0.05) is 6.92 Å². The summed E-state index contributed by atoms with van der Waals surface area (Å²) in [6.45, 7) is 3.41. The van der Waals surface area contributed by atoms with E-state index in [2.05, 4.69) is 10.6 Å². The number of carbonyl (C=O) groups is 2. The zero-order valence-corrected chi connectivity index (χ0v) is 9.80. The summed E-state index contributed by atoms with van der Waals surface area (Å²) < 4.78 is 0. The Labute approximate surface area is 94.7 Å². The van der Waals surface area contributed by atoms with Crippen LogP contribution in [0.1, 0.15) is 26.7 Å². The Morgan fingerprint density at radius 3 is 2.40 bits per heavy atom. The maximum atomic E-state index is 11.5. The second-order valence-corrected chi connectivity index (χ2v) is 4.38. The molecule has 0 aromatic heterocycles. The summed E-state index contributed by atoms with van der Waals surface area (Å²) in [5.41, 5.74) is 0. The highest BCUT2D eigenvalue weighted by Gasteiger charge is 2.26. The molecule has 2 unspecified atom stereocenters. The van der Waals surface area contributed by atoms with Gasteiger partial charge >= 0.3 is 0 Å². The normalized spacial score (nSPS) is 19.1. The zero-order chi connectivity index (χ0) is 11.4. The van der Waals surface area contributed by atoms with Crippen LogP contribution in [0.2, 0.25) is 0 Å². The molecular formula is C10H17ClN2O2. The first-order chi connectivity index (χ1) is 7.04. The predicted octanol–water partition coefficient (Wildman–Crippen LogP) is 0.645. The van der Waals surface area contributed by atoms with Gasteiger partial charge in [0.1, 0.15) is 6.04 Å². The van der Waals surface area contributed by atoms with Crippen LogP contribution in [0, 0.1) is 5.92 Å². The van der Waals surface area contributed by atoms with Gasteiger partial charge in [0.25, 0.3) is 0 Å². The summed E-state index contributed by atoms with van der Waals surface area (Å²) in [4.78, 5) is 22.9. The van der Waals surface area contributed by atoms with Gasteiger partial charge in [0.15, 0.2) is 0 Å². The highest BCUT2D eigenvalue weighted by atomic mass is 35.5. The van der Waals surface area contributed by atoms with Crippen molar-refractivity contribution in [3.05, 3.63) is 0 Å². The number of halogens is 1. The van der Waals surface area contributed by atoms with E-state index in [0.717, 1.165) is 12.8 Å². The third kappa shape index (κ3) is 4.08. The maximum absolute atomic E-state index is 11.5. The Balaban J connectivity index is 2.29. The lowest BCUT2D eigenvalue weighted by Gasteiger charge is -2.15. The molecule has 1 rings (SSSR count). The van der Waals surface area contributed by atoms with E-state index in [4.69, 9.17) is 11.6 Å². The predicted molar refractivity (Wildman–Crippen MR) is 58.7 cm³/mol. The van der Waals surface area contributed by atoms with E-state index in [1.54, 1.807) is 13.8 Å². The summed E-state index contributed by atoms with van der Waals surface area (Å²) in [5, 5.41) is 5.46. The van der Waals surface area contributed by atoms with Gasteiger partial charge in [-0.25, -0.2) is 0 Å². The summed E-state index contributed by atoms with van der Waals surface area (Å²) >= 11 is 5.54. The van der Waals surface area contributed by atoms with Crippen LogP contribution in [0.5, 0.6) is 0 Å². The van der Waals surface area contributed by atoms with E-state index >= 15 is 0 Å². The number of hydrogen-bond acceptors (Lipinski definition) is 2. The fourth-order valence-electron chi connectivity index (χ4n) is 1.05. The summed E-state index contributed by atoms with van der Waals surface area (Å²) in [7, 11) is 0. The Kier molecular flexibility index (Phi) is 4.39. The fourth-order valence-corrected chi connectivity index (χ4v) is 1.19. The molecule has 1 aliphatic carbocycles. The zero-order valence-electron chi connectivity index (χ0n) is 9.05. The quantitative estimate of drug-likeness (QED) is 0.684. The average molecular weight is 233 g/mol. The molecule has 15 heavy (non-hydrogen) atoms. The summed E-state index contributed by atoms with van der Waals surface area (Å²) in [6, 6.07) is -0.161. The van der Waals surface area contributed by atoms with Crippen LogP contribution in [0.4, 0.5) is 0 Å². The molecule has 1 fully saturated rings. The van der Waals surface area contributed by atoms with Crippen molar-refractivity contribution in [1.29, 1.82) is 0 Å². The minimum Gasteiger partial charge on any atom is -0.352 e. The van der Waals surface area contributed by atoms with Crippen molar-refractivity contribution >= 4 is 23.4 Å². The Morgan fingerprint density at radius 2 is 1.93 bits per heavy atom. The molecule has 0 bridgehead atoms. The Bertz CT molecular complexity index is 254. The van der Waals surface area contributed by atoms with Gasteiger partial charge in [-0.3, -0.25) is 9.59 Å².